The van der Waals surface area contributed by atoms with Crippen molar-refractivity contribution in [3.05, 3.63) is 29.8 Å². The minimum absolute atomic E-state index is 0.243. The number of hydrogen-bond donors (Lipinski definition) is 1. The molecule has 19 heavy (non-hydrogen) atoms. The van der Waals surface area contributed by atoms with Crippen LogP contribution in [0.1, 0.15) is 37.0 Å². The predicted octanol–water partition coefficient (Wildman–Crippen LogP) is 3.81. The number of benzene rings is 1. The van der Waals surface area contributed by atoms with Gasteiger partial charge in [-0.25, -0.2) is 4.79 Å². The molecule has 0 saturated heterocycles. The highest BCUT2D eigenvalue weighted by Gasteiger charge is 2.05. The molecule has 1 N–H and O–H groups in total. The van der Waals surface area contributed by atoms with Crippen LogP contribution in [0.4, 0.5) is 5.69 Å². The van der Waals surface area contributed by atoms with E-state index in [2.05, 4.69) is 12.2 Å². The first kappa shape index (κ1) is 15.9. The molecule has 0 spiro atoms. The van der Waals surface area contributed by atoms with Gasteiger partial charge in [0.1, 0.15) is 0 Å². The summed E-state index contributed by atoms with van der Waals surface area (Å²) in [7, 11) is 0. The van der Waals surface area contributed by atoms with E-state index in [9.17, 15) is 4.79 Å². The Bertz CT molecular complexity index is 365. The third-order valence-electron chi connectivity index (χ3n) is 2.56. The Labute approximate surface area is 120 Å². The smallest absolute Gasteiger partial charge is 0.338 e. The fourth-order valence-corrected chi connectivity index (χ4v) is 2.19. The molecule has 0 unspecified atom stereocenters. The number of esters is 1. The van der Waals surface area contributed by atoms with Crippen molar-refractivity contribution in [2.45, 2.75) is 26.7 Å². The van der Waals surface area contributed by atoms with Gasteiger partial charge in [0.2, 0.25) is 0 Å². The molecule has 0 atom stereocenters. The lowest BCUT2D eigenvalue weighted by molar-refractivity contribution is 0.0505. The first-order chi connectivity index (χ1) is 9.27. The van der Waals surface area contributed by atoms with Crippen LogP contribution in [-0.2, 0) is 4.74 Å². The minimum atomic E-state index is -0.243. The van der Waals surface area contributed by atoms with Gasteiger partial charge in [-0.3, -0.25) is 0 Å². The number of thioether (sulfide) groups is 1. The Hall–Kier alpha value is -1.16. The summed E-state index contributed by atoms with van der Waals surface area (Å²) in [5.41, 5.74) is 1.66. The fraction of sp³-hybridized carbons (Fsp3) is 0.533. The van der Waals surface area contributed by atoms with Crippen molar-refractivity contribution in [3.8, 4) is 0 Å². The quantitative estimate of drug-likeness (QED) is 0.552. The molecule has 0 bridgehead atoms. The van der Waals surface area contributed by atoms with E-state index >= 15 is 0 Å². The molecule has 0 aliphatic rings. The van der Waals surface area contributed by atoms with Crippen LogP contribution in [0.5, 0.6) is 0 Å². The Morgan fingerprint density at radius 1 is 1.26 bits per heavy atom. The SMILES string of the molecule is CCCOC(=O)c1ccc(NCCCSCC)cc1. The first-order valence-corrected chi connectivity index (χ1v) is 8.02. The standard InChI is InChI=1S/C15H23NO2S/c1-3-11-18-15(17)13-6-8-14(9-7-13)16-10-5-12-19-4-2/h6-9,16H,3-5,10-12H2,1-2H3. The molecule has 106 valence electrons. The van der Waals surface area contributed by atoms with Crippen molar-refractivity contribution in [1.82, 2.24) is 0 Å². The number of carbonyl (C=O) groups excluding carboxylic acids is 1. The number of rotatable bonds is 9. The molecule has 0 saturated carbocycles. The number of hydrogen-bond acceptors (Lipinski definition) is 4. The van der Waals surface area contributed by atoms with Crippen molar-refractivity contribution < 1.29 is 9.53 Å². The zero-order chi connectivity index (χ0) is 13.9. The molecule has 0 aliphatic carbocycles. The van der Waals surface area contributed by atoms with Gasteiger partial charge in [0.05, 0.1) is 12.2 Å². The largest absolute Gasteiger partial charge is 0.462 e. The van der Waals surface area contributed by atoms with Crippen LogP contribution in [-0.4, -0.2) is 30.6 Å². The number of anilines is 1. The average Bonchev–Trinajstić information content (AvgIpc) is 2.45. The van der Waals surface area contributed by atoms with E-state index in [1.807, 2.05) is 30.8 Å². The van der Waals surface area contributed by atoms with Crippen molar-refractivity contribution in [1.29, 1.82) is 0 Å². The van der Waals surface area contributed by atoms with Gasteiger partial charge in [-0.15, -0.1) is 0 Å². The number of nitrogens with one attached hydrogen (secondary N) is 1. The van der Waals surface area contributed by atoms with Crippen LogP contribution < -0.4 is 5.32 Å². The maximum Gasteiger partial charge on any atom is 0.338 e. The summed E-state index contributed by atoms with van der Waals surface area (Å²) in [4.78, 5) is 11.6. The van der Waals surface area contributed by atoms with Crippen LogP contribution >= 0.6 is 11.8 Å². The molecular formula is C15H23NO2S. The summed E-state index contributed by atoms with van der Waals surface area (Å²) < 4.78 is 5.08. The zero-order valence-electron chi connectivity index (χ0n) is 11.8. The molecule has 0 fully saturated rings. The molecule has 0 radical (unpaired) electrons. The van der Waals surface area contributed by atoms with E-state index in [0.29, 0.717) is 12.2 Å². The lowest BCUT2D eigenvalue weighted by Crippen LogP contribution is -2.06. The topological polar surface area (TPSA) is 38.3 Å². The van der Waals surface area contributed by atoms with Gasteiger partial charge in [0.25, 0.3) is 0 Å². The van der Waals surface area contributed by atoms with Crippen molar-refractivity contribution in [2.75, 3.05) is 30.0 Å². The first-order valence-electron chi connectivity index (χ1n) is 6.86. The Kier molecular flexibility index (Phi) is 8.14. The second-order valence-corrected chi connectivity index (χ2v) is 5.58. The summed E-state index contributed by atoms with van der Waals surface area (Å²) >= 11 is 1.96. The molecule has 4 heteroatoms. The third kappa shape index (κ3) is 6.53. The molecule has 0 aromatic heterocycles. The molecule has 3 nitrogen and oxygen atoms in total. The lowest BCUT2D eigenvalue weighted by atomic mass is 10.2. The van der Waals surface area contributed by atoms with Gasteiger partial charge >= 0.3 is 5.97 Å². The van der Waals surface area contributed by atoms with E-state index in [4.69, 9.17) is 4.74 Å². The normalized spacial score (nSPS) is 10.2. The molecule has 0 amide bonds. The van der Waals surface area contributed by atoms with E-state index in [-0.39, 0.29) is 5.97 Å². The van der Waals surface area contributed by atoms with E-state index in [1.54, 1.807) is 12.1 Å². The maximum absolute atomic E-state index is 11.6. The highest BCUT2D eigenvalue weighted by atomic mass is 32.2. The molecule has 1 aromatic rings. The second kappa shape index (κ2) is 9.73. The van der Waals surface area contributed by atoms with Gasteiger partial charge < -0.3 is 10.1 Å². The van der Waals surface area contributed by atoms with E-state index in [1.165, 1.54) is 11.5 Å². The molecular weight excluding hydrogens is 258 g/mol. The van der Waals surface area contributed by atoms with Crippen molar-refractivity contribution in [3.63, 3.8) is 0 Å². The summed E-state index contributed by atoms with van der Waals surface area (Å²) in [6, 6.07) is 7.47. The van der Waals surface area contributed by atoms with Crippen molar-refractivity contribution >= 4 is 23.4 Å². The van der Waals surface area contributed by atoms with E-state index in [0.717, 1.165) is 25.1 Å². The van der Waals surface area contributed by atoms with Crippen LogP contribution in [0.2, 0.25) is 0 Å². The highest BCUT2D eigenvalue weighted by molar-refractivity contribution is 7.99. The second-order valence-electron chi connectivity index (χ2n) is 4.19. The maximum atomic E-state index is 11.6. The number of ether oxygens (including phenoxy) is 1. The highest BCUT2D eigenvalue weighted by Crippen LogP contribution is 2.11. The van der Waals surface area contributed by atoms with E-state index < -0.39 is 0 Å². The Morgan fingerprint density at radius 2 is 2.00 bits per heavy atom. The lowest BCUT2D eigenvalue weighted by Gasteiger charge is -2.07. The van der Waals surface area contributed by atoms with Crippen LogP contribution in [0.15, 0.2) is 24.3 Å². The van der Waals surface area contributed by atoms with Crippen LogP contribution in [0.3, 0.4) is 0 Å². The van der Waals surface area contributed by atoms with Gasteiger partial charge in [0.15, 0.2) is 0 Å². The predicted molar refractivity (Wildman–Crippen MR) is 83.1 cm³/mol. The van der Waals surface area contributed by atoms with Gasteiger partial charge in [0, 0.05) is 12.2 Å². The summed E-state index contributed by atoms with van der Waals surface area (Å²) in [6.45, 7) is 5.60. The summed E-state index contributed by atoms with van der Waals surface area (Å²) in [5, 5.41) is 3.35. The summed E-state index contributed by atoms with van der Waals surface area (Å²) in [5.74, 6) is 2.12. The molecule has 1 rings (SSSR count). The van der Waals surface area contributed by atoms with Crippen LogP contribution in [0.25, 0.3) is 0 Å². The third-order valence-corrected chi connectivity index (χ3v) is 3.54. The Balaban J connectivity index is 2.32. The van der Waals surface area contributed by atoms with Gasteiger partial charge in [-0.2, -0.15) is 11.8 Å². The van der Waals surface area contributed by atoms with Gasteiger partial charge in [-0.05, 0) is 48.6 Å². The van der Waals surface area contributed by atoms with Gasteiger partial charge in [-0.1, -0.05) is 13.8 Å². The summed E-state index contributed by atoms with van der Waals surface area (Å²) in [6.07, 6.45) is 2.00. The molecule has 0 aliphatic heterocycles. The molecule has 1 aromatic carbocycles. The Morgan fingerprint density at radius 3 is 2.63 bits per heavy atom. The van der Waals surface area contributed by atoms with Crippen LogP contribution in [0, 0.1) is 0 Å². The minimum Gasteiger partial charge on any atom is -0.462 e. The zero-order valence-corrected chi connectivity index (χ0v) is 12.6. The molecule has 0 heterocycles. The average molecular weight is 281 g/mol. The van der Waals surface area contributed by atoms with Crippen molar-refractivity contribution in [2.24, 2.45) is 0 Å². The fourth-order valence-electron chi connectivity index (χ4n) is 1.55. The number of carbonyl (C=O) groups is 1. The monoisotopic (exact) mass is 281 g/mol.